The van der Waals surface area contributed by atoms with Crippen molar-refractivity contribution in [3.8, 4) is 11.5 Å². The molecule has 2 heterocycles. The Hall–Kier alpha value is -2.58. The number of benzene rings is 1. The summed E-state index contributed by atoms with van der Waals surface area (Å²) in [6.07, 6.45) is 0.447. The standard InChI is InChI=1S/C22H31N3O5/c1-5-21(26)25(6-9-27-2)15-17-12-16-13-19(28-3)20(29-4)14-18(16)23-22(17)24-7-10-30-11-8-24/h12-14H,5-11,15H2,1-4H3. The molecule has 0 N–H and O–H groups in total. The Balaban J connectivity index is 2.06. The fraction of sp³-hybridized carbons (Fsp3) is 0.545. The molecule has 8 nitrogen and oxygen atoms in total. The number of hydrogen-bond acceptors (Lipinski definition) is 7. The van der Waals surface area contributed by atoms with E-state index in [1.807, 2.05) is 24.0 Å². The maximum Gasteiger partial charge on any atom is 0.222 e. The lowest BCUT2D eigenvalue weighted by atomic mass is 10.1. The second kappa shape index (κ2) is 10.4. The molecule has 1 saturated heterocycles. The fourth-order valence-electron chi connectivity index (χ4n) is 3.62. The molecular formula is C22H31N3O5. The first kappa shape index (κ1) is 22.1. The SMILES string of the molecule is CCC(=O)N(CCOC)Cc1cc2cc(OC)c(OC)cc2nc1N1CCOCC1. The van der Waals surface area contributed by atoms with Crippen LogP contribution in [0.4, 0.5) is 5.82 Å². The summed E-state index contributed by atoms with van der Waals surface area (Å²) in [7, 11) is 4.88. The number of anilines is 1. The van der Waals surface area contributed by atoms with E-state index in [4.69, 9.17) is 23.9 Å². The molecule has 3 rings (SSSR count). The van der Waals surface area contributed by atoms with Crippen molar-refractivity contribution < 1.29 is 23.7 Å². The molecule has 2 aromatic rings. The third-order valence-corrected chi connectivity index (χ3v) is 5.27. The molecule has 0 bridgehead atoms. The molecule has 1 fully saturated rings. The smallest absolute Gasteiger partial charge is 0.222 e. The predicted octanol–water partition coefficient (Wildman–Crippen LogP) is 2.47. The van der Waals surface area contributed by atoms with Gasteiger partial charge < -0.3 is 28.7 Å². The molecule has 0 atom stereocenters. The number of hydrogen-bond donors (Lipinski definition) is 0. The van der Waals surface area contributed by atoms with E-state index in [9.17, 15) is 4.79 Å². The summed E-state index contributed by atoms with van der Waals surface area (Å²) >= 11 is 0. The minimum Gasteiger partial charge on any atom is -0.493 e. The van der Waals surface area contributed by atoms with Crippen molar-refractivity contribution >= 4 is 22.6 Å². The first-order valence-electron chi connectivity index (χ1n) is 10.3. The van der Waals surface area contributed by atoms with Gasteiger partial charge in [0.2, 0.25) is 5.91 Å². The molecule has 1 aromatic heterocycles. The summed E-state index contributed by atoms with van der Waals surface area (Å²) < 4.78 is 21.6. The van der Waals surface area contributed by atoms with Crippen molar-refractivity contribution in [2.45, 2.75) is 19.9 Å². The van der Waals surface area contributed by atoms with Gasteiger partial charge >= 0.3 is 0 Å². The molecule has 8 heteroatoms. The van der Waals surface area contributed by atoms with Crippen LogP contribution in [-0.2, 0) is 20.8 Å². The number of pyridine rings is 1. The number of nitrogens with zero attached hydrogens (tertiary/aromatic N) is 3. The number of ether oxygens (including phenoxy) is 4. The summed E-state index contributed by atoms with van der Waals surface area (Å²) in [6, 6.07) is 5.91. The van der Waals surface area contributed by atoms with Crippen LogP contribution < -0.4 is 14.4 Å². The van der Waals surface area contributed by atoms with Crippen LogP contribution in [0.2, 0.25) is 0 Å². The Morgan fingerprint density at radius 3 is 2.47 bits per heavy atom. The molecule has 0 radical (unpaired) electrons. The van der Waals surface area contributed by atoms with Crippen LogP contribution in [0.25, 0.3) is 10.9 Å². The Kier molecular flexibility index (Phi) is 7.70. The average molecular weight is 418 g/mol. The van der Waals surface area contributed by atoms with Gasteiger partial charge in [-0.15, -0.1) is 0 Å². The van der Waals surface area contributed by atoms with Crippen LogP contribution in [-0.4, -0.2) is 76.6 Å². The number of methoxy groups -OCH3 is 3. The van der Waals surface area contributed by atoms with Gasteiger partial charge in [-0.2, -0.15) is 0 Å². The summed E-state index contributed by atoms with van der Waals surface area (Å²) in [5.41, 5.74) is 1.82. The number of rotatable bonds is 9. The second-order valence-electron chi connectivity index (χ2n) is 7.13. The van der Waals surface area contributed by atoms with E-state index in [-0.39, 0.29) is 5.91 Å². The van der Waals surface area contributed by atoms with Crippen LogP contribution >= 0.6 is 0 Å². The lowest BCUT2D eigenvalue weighted by molar-refractivity contribution is -0.132. The first-order valence-corrected chi connectivity index (χ1v) is 10.3. The van der Waals surface area contributed by atoms with E-state index in [1.165, 1.54) is 0 Å². The quantitative estimate of drug-likeness (QED) is 0.621. The third kappa shape index (κ3) is 4.94. The number of fused-ring (bicyclic) bond motifs is 1. The average Bonchev–Trinajstić information content (AvgIpc) is 2.80. The van der Waals surface area contributed by atoms with E-state index in [1.54, 1.807) is 21.3 Å². The maximum atomic E-state index is 12.5. The molecule has 1 aliphatic heterocycles. The molecular weight excluding hydrogens is 386 g/mol. The molecule has 0 spiro atoms. The topological polar surface area (TPSA) is 73.4 Å². The van der Waals surface area contributed by atoms with E-state index < -0.39 is 0 Å². The Morgan fingerprint density at radius 2 is 1.83 bits per heavy atom. The van der Waals surface area contributed by atoms with Gasteiger partial charge in [0.05, 0.1) is 39.6 Å². The highest BCUT2D eigenvalue weighted by atomic mass is 16.5. The predicted molar refractivity (Wildman–Crippen MR) is 115 cm³/mol. The summed E-state index contributed by atoms with van der Waals surface area (Å²) in [6.45, 7) is 6.22. The van der Waals surface area contributed by atoms with Gasteiger partial charge in [0.1, 0.15) is 5.82 Å². The normalized spacial score (nSPS) is 14.1. The third-order valence-electron chi connectivity index (χ3n) is 5.27. The summed E-state index contributed by atoms with van der Waals surface area (Å²) in [5, 5.41) is 0.940. The first-order chi connectivity index (χ1) is 14.6. The maximum absolute atomic E-state index is 12.5. The highest BCUT2D eigenvalue weighted by Gasteiger charge is 2.21. The number of aromatic nitrogens is 1. The highest BCUT2D eigenvalue weighted by Crippen LogP contribution is 2.34. The van der Waals surface area contributed by atoms with Gasteiger partial charge in [-0.25, -0.2) is 4.98 Å². The number of amides is 1. The van der Waals surface area contributed by atoms with Crippen LogP contribution in [0, 0.1) is 0 Å². The largest absolute Gasteiger partial charge is 0.493 e. The van der Waals surface area contributed by atoms with E-state index in [2.05, 4.69) is 11.0 Å². The lowest BCUT2D eigenvalue weighted by Gasteiger charge is -2.31. The Labute approximate surface area is 177 Å². The Bertz CT molecular complexity index is 867. The van der Waals surface area contributed by atoms with Crippen molar-refractivity contribution in [3.05, 3.63) is 23.8 Å². The lowest BCUT2D eigenvalue weighted by Crippen LogP contribution is -2.38. The minimum absolute atomic E-state index is 0.0902. The monoisotopic (exact) mass is 417 g/mol. The zero-order valence-corrected chi connectivity index (χ0v) is 18.3. The van der Waals surface area contributed by atoms with Gasteiger partial charge in [-0.05, 0) is 12.1 Å². The van der Waals surface area contributed by atoms with Gasteiger partial charge in [0.15, 0.2) is 11.5 Å². The second-order valence-corrected chi connectivity index (χ2v) is 7.13. The van der Waals surface area contributed by atoms with Crippen LogP contribution in [0.1, 0.15) is 18.9 Å². The molecule has 1 aromatic carbocycles. The zero-order chi connectivity index (χ0) is 21.5. The summed E-state index contributed by atoms with van der Waals surface area (Å²) in [5.74, 6) is 2.26. The molecule has 0 saturated carbocycles. The van der Waals surface area contributed by atoms with Crippen LogP contribution in [0.3, 0.4) is 0 Å². The van der Waals surface area contributed by atoms with Crippen LogP contribution in [0.5, 0.6) is 11.5 Å². The van der Waals surface area contributed by atoms with E-state index in [0.29, 0.717) is 50.8 Å². The molecule has 0 aliphatic carbocycles. The van der Waals surface area contributed by atoms with E-state index in [0.717, 1.165) is 35.4 Å². The van der Waals surface area contributed by atoms with E-state index >= 15 is 0 Å². The molecule has 1 amide bonds. The summed E-state index contributed by atoms with van der Waals surface area (Å²) in [4.78, 5) is 21.6. The van der Waals surface area contributed by atoms with Gasteiger partial charge in [-0.3, -0.25) is 4.79 Å². The van der Waals surface area contributed by atoms with Crippen molar-refractivity contribution in [1.29, 1.82) is 0 Å². The number of carbonyl (C=O) groups excluding carboxylic acids is 1. The minimum atomic E-state index is 0.0902. The molecule has 164 valence electrons. The van der Waals surface area contributed by atoms with Gasteiger partial charge in [0.25, 0.3) is 0 Å². The van der Waals surface area contributed by atoms with Crippen LogP contribution in [0.15, 0.2) is 18.2 Å². The van der Waals surface area contributed by atoms with Crippen molar-refractivity contribution in [2.24, 2.45) is 0 Å². The fourth-order valence-corrected chi connectivity index (χ4v) is 3.62. The number of morpholine rings is 1. The van der Waals surface area contributed by atoms with Gasteiger partial charge in [0, 0.05) is 56.7 Å². The number of carbonyl (C=O) groups is 1. The van der Waals surface area contributed by atoms with Gasteiger partial charge in [-0.1, -0.05) is 6.92 Å². The van der Waals surface area contributed by atoms with Crippen molar-refractivity contribution in [2.75, 3.05) is 65.7 Å². The van der Waals surface area contributed by atoms with Crippen molar-refractivity contribution in [1.82, 2.24) is 9.88 Å². The zero-order valence-electron chi connectivity index (χ0n) is 18.3. The van der Waals surface area contributed by atoms with Crippen molar-refractivity contribution in [3.63, 3.8) is 0 Å². The Morgan fingerprint density at radius 1 is 1.13 bits per heavy atom. The molecule has 0 unspecified atom stereocenters. The highest BCUT2D eigenvalue weighted by molar-refractivity contribution is 5.86. The molecule has 1 aliphatic rings. The molecule has 30 heavy (non-hydrogen) atoms.